The number of carbonyl (C=O) groups is 1. The molecule has 0 atom stereocenters. The van der Waals surface area contributed by atoms with Crippen LogP contribution in [0.1, 0.15) is 42.9 Å². The summed E-state index contributed by atoms with van der Waals surface area (Å²) in [7, 11) is 1.56. The molecule has 192 valence electrons. The number of nitrogens with one attached hydrogen (secondary N) is 1. The Morgan fingerprint density at radius 3 is 2.53 bits per heavy atom. The molecule has 0 saturated carbocycles. The van der Waals surface area contributed by atoms with Gasteiger partial charge in [-0.25, -0.2) is 4.79 Å². The molecule has 1 aromatic heterocycles. The van der Waals surface area contributed by atoms with Gasteiger partial charge in [-0.2, -0.15) is 0 Å². The third kappa shape index (κ3) is 6.42. The van der Waals surface area contributed by atoms with Gasteiger partial charge >= 0.3 is 5.69 Å². The van der Waals surface area contributed by atoms with E-state index in [2.05, 4.69) is 4.98 Å². The Balaban J connectivity index is 1.95. The number of aromatic nitrogens is 2. The van der Waals surface area contributed by atoms with Crippen molar-refractivity contribution in [3.8, 4) is 5.75 Å². The summed E-state index contributed by atoms with van der Waals surface area (Å²) in [6.07, 6.45) is 0.459. The molecule has 1 heterocycles. The second kappa shape index (κ2) is 12.2. The second-order valence-electron chi connectivity index (χ2n) is 8.94. The van der Waals surface area contributed by atoms with Crippen molar-refractivity contribution < 1.29 is 14.3 Å². The molecule has 0 radical (unpaired) electrons. The number of H-pyrrole nitrogens is 1. The molecule has 0 spiro atoms. The van der Waals surface area contributed by atoms with Crippen LogP contribution in [-0.2, 0) is 16.1 Å². The predicted molar refractivity (Wildman–Crippen MR) is 141 cm³/mol. The zero-order chi connectivity index (χ0) is 26.2. The molecule has 0 aliphatic carbocycles. The first-order valence-corrected chi connectivity index (χ1v) is 11.9. The summed E-state index contributed by atoms with van der Waals surface area (Å²) in [5.74, 6) is 0.279. The number of anilines is 2. The Labute approximate surface area is 210 Å². The molecule has 9 nitrogen and oxygen atoms in total. The summed E-state index contributed by atoms with van der Waals surface area (Å²) in [5.41, 5.74) is 7.70. The van der Waals surface area contributed by atoms with Crippen molar-refractivity contribution >= 4 is 17.4 Å². The zero-order valence-electron chi connectivity index (χ0n) is 21.2. The first-order valence-electron chi connectivity index (χ1n) is 11.9. The zero-order valence-corrected chi connectivity index (χ0v) is 21.2. The number of benzene rings is 2. The lowest BCUT2D eigenvalue weighted by atomic mass is 10.0. The monoisotopic (exact) mass is 494 g/mol. The largest absolute Gasteiger partial charge is 0.483 e. The maximum Gasteiger partial charge on any atom is 0.330 e. The number of rotatable bonds is 11. The number of hydrogen-bond donors (Lipinski definition) is 2. The summed E-state index contributed by atoms with van der Waals surface area (Å²) in [5, 5.41) is 0. The number of ether oxygens (including phenoxy) is 2. The number of amides is 1. The summed E-state index contributed by atoms with van der Waals surface area (Å²) in [6.45, 7) is 6.43. The molecule has 36 heavy (non-hydrogen) atoms. The highest BCUT2D eigenvalue weighted by atomic mass is 16.5. The lowest BCUT2D eigenvalue weighted by molar-refractivity contribution is -0.120. The van der Waals surface area contributed by atoms with Crippen molar-refractivity contribution in [3.63, 3.8) is 0 Å². The van der Waals surface area contributed by atoms with Gasteiger partial charge < -0.3 is 20.1 Å². The molecule has 0 fully saturated rings. The molecule has 3 N–H and O–H groups in total. The lowest BCUT2D eigenvalue weighted by Crippen LogP contribution is -2.43. The Morgan fingerprint density at radius 1 is 1.14 bits per heavy atom. The predicted octanol–water partition coefficient (Wildman–Crippen LogP) is 3.05. The summed E-state index contributed by atoms with van der Waals surface area (Å²) >= 11 is 0. The standard InChI is InChI=1S/C27H34N4O5/c1-18(2)21-12-11-19(3)15-22(21)36-17-23(32)30(13-8-14-35-4)24-25(28)31(27(34)29-26(24)33)16-20-9-6-5-7-10-20/h5-7,9-12,15,18H,8,13-14,16-17,28H2,1-4H3,(H,29,33,34). The molecular weight excluding hydrogens is 460 g/mol. The van der Waals surface area contributed by atoms with E-state index in [0.717, 1.165) is 16.7 Å². The van der Waals surface area contributed by atoms with Crippen LogP contribution in [0.25, 0.3) is 0 Å². The van der Waals surface area contributed by atoms with Crippen LogP contribution in [-0.4, -0.2) is 42.3 Å². The quantitative estimate of drug-likeness (QED) is 0.396. The fourth-order valence-electron chi connectivity index (χ4n) is 3.95. The SMILES string of the molecule is COCCCN(C(=O)COc1cc(C)ccc1C(C)C)c1c(N)n(Cc2ccccc2)c(=O)[nH]c1=O. The first kappa shape index (κ1) is 26.7. The fraction of sp³-hybridized carbons (Fsp3) is 0.370. The number of carbonyl (C=O) groups excluding carboxylic acids is 1. The van der Waals surface area contributed by atoms with E-state index in [1.54, 1.807) is 7.11 Å². The third-order valence-corrected chi connectivity index (χ3v) is 5.84. The van der Waals surface area contributed by atoms with E-state index in [1.165, 1.54) is 9.47 Å². The number of hydrogen-bond acceptors (Lipinski definition) is 6. The molecule has 3 rings (SSSR count). The van der Waals surface area contributed by atoms with E-state index < -0.39 is 17.2 Å². The van der Waals surface area contributed by atoms with Crippen LogP contribution in [0.15, 0.2) is 58.1 Å². The van der Waals surface area contributed by atoms with Gasteiger partial charge in [0.25, 0.3) is 11.5 Å². The average Bonchev–Trinajstić information content (AvgIpc) is 2.84. The Bertz CT molecular complexity index is 1300. The van der Waals surface area contributed by atoms with Crippen LogP contribution in [0.5, 0.6) is 5.75 Å². The van der Waals surface area contributed by atoms with Crippen molar-refractivity contribution in [2.75, 3.05) is 37.5 Å². The number of aryl methyl sites for hydroxylation is 1. The highest BCUT2D eigenvalue weighted by molar-refractivity contribution is 5.96. The third-order valence-electron chi connectivity index (χ3n) is 5.84. The van der Waals surface area contributed by atoms with Gasteiger partial charge in [0.15, 0.2) is 12.3 Å². The van der Waals surface area contributed by atoms with Gasteiger partial charge in [-0.3, -0.25) is 19.1 Å². The van der Waals surface area contributed by atoms with E-state index in [0.29, 0.717) is 18.8 Å². The molecule has 0 unspecified atom stereocenters. The highest BCUT2D eigenvalue weighted by Gasteiger charge is 2.25. The lowest BCUT2D eigenvalue weighted by Gasteiger charge is -2.25. The summed E-state index contributed by atoms with van der Waals surface area (Å²) < 4.78 is 12.3. The fourth-order valence-corrected chi connectivity index (χ4v) is 3.95. The van der Waals surface area contributed by atoms with E-state index >= 15 is 0 Å². The van der Waals surface area contributed by atoms with Gasteiger partial charge in [0.2, 0.25) is 0 Å². The van der Waals surface area contributed by atoms with Crippen LogP contribution < -0.4 is 26.6 Å². The van der Waals surface area contributed by atoms with Gasteiger partial charge in [0, 0.05) is 20.3 Å². The topological polar surface area (TPSA) is 120 Å². The summed E-state index contributed by atoms with van der Waals surface area (Å²) in [4.78, 5) is 42.5. The van der Waals surface area contributed by atoms with Crippen LogP contribution >= 0.6 is 0 Å². The van der Waals surface area contributed by atoms with Gasteiger partial charge in [-0.15, -0.1) is 0 Å². The smallest absolute Gasteiger partial charge is 0.330 e. The molecular formula is C27H34N4O5. The van der Waals surface area contributed by atoms with Gasteiger partial charge in [0.05, 0.1) is 6.54 Å². The maximum atomic E-state index is 13.4. The van der Waals surface area contributed by atoms with Crippen LogP contribution in [0, 0.1) is 6.92 Å². The van der Waals surface area contributed by atoms with Gasteiger partial charge in [0.1, 0.15) is 11.6 Å². The number of methoxy groups -OCH3 is 1. The van der Waals surface area contributed by atoms with E-state index in [1.807, 2.05) is 69.3 Å². The number of nitrogen functional groups attached to an aromatic ring is 1. The van der Waals surface area contributed by atoms with Crippen molar-refractivity contribution in [3.05, 3.63) is 86.1 Å². The van der Waals surface area contributed by atoms with Crippen LogP contribution in [0.3, 0.4) is 0 Å². The first-order chi connectivity index (χ1) is 17.2. The number of nitrogens with zero attached hydrogens (tertiary/aromatic N) is 2. The molecule has 0 aliphatic heterocycles. The van der Waals surface area contributed by atoms with Crippen molar-refractivity contribution in [1.29, 1.82) is 0 Å². The van der Waals surface area contributed by atoms with Crippen molar-refractivity contribution in [1.82, 2.24) is 9.55 Å². The Kier molecular flexibility index (Phi) is 9.08. The molecule has 0 aliphatic rings. The van der Waals surface area contributed by atoms with E-state index in [4.69, 9.17) is 15.2 Å². The molecule has 0 bridgehead atoms. The van der Waals surface area contributed by atoms with Gasteiger partial charge in [-0.1, -0.05) is 56.3 Å². The van der Waals surface area contributed by atoms with Gasteiger partial charge in [-0.05, 0) is 42.0 Å². The van der Waals surface area contributed by atoms with Crippen molar-refractivity contribution in [2.45, 2.75) is 39.7 Å². The molecule has 1 amide bonds. The Hall–Kier alpha value is -3.85. The van der Waals surface area contributed by atoms with E-state index in [-0.39, 0.29) is 37.1 Å². The molecule has 0 saturated heterocycles. The molecule has 9 heteroatoms. The number of nitrogens with two attached hydrogens (primary N) is 1. The van der Waals surface area contributed by atoms with Crippen molar-refractivity contribution in [2.24, 2.45) is 0 Å². The minimum Gasteiger partial charge on any atom is -0.483 e. The maximum absolute atomic E-state index is 13.4. The Morgan fingerprint density at radius 2 is 1.86 bits per heavy atom. The highest BCUT2D eigenvalue weighted by Crippen LogP contribution is 2.28. The summed E-state index contributed by atoms with van der Waals surface area (Å²) in [6, 6.07) is 15.1. The molecule has 2 aromatic carbocycles. The van der Waals surface area contributed by atoms with E-state index in [9.17, 15) is 14.4 Å². The van der Waals surface area contributed by atoms with Crippen LogP contribution in [0.4, 0.5) is 11.5 Å². The second-order valence-corrected chi connectivity index (χ2v) is 8.94. The number of aromatic amines is 1. The normalized spacial score (nSPS) is 11.0. The minimum absolute atomic E-state index is 0.0800. The molecule has 3 aromatic rings. The van der Waals surface area contributed by atoms with Crippen LogP contribution in [0.2, 0.25) is 0 Å². The average molecular weight is 495 g/mol. The minimum atomic E-state index is -0.731.